The van der Waals surface area contributed by atoms with Gasteiger partial charge in [0.2, 0.25) is 0 Å². The first kappa shape index (κ1) is 21.4. The minimum Gasteiger partial charge on any atom is -0.341 e. The Morgan fingerprint density at radius 3 is 2.67 bits per heavy atom. The predicted molar refractivity (Wildman–Crippen MR) is 102 cm³/mol. The number of alkyl halides is 3. The third kappa shape index (κ3) is 4.45. The summed E-state index contributed by atoms with van der Waals surface area (Å²) < 4.78 is 38.4. The van der Waals surface area contributed by atoms with Crippen LogP contribution >= 0.6 is 0 Å². The van der Waals surface area contributed by atoms with E-state index in [2.05, 4.69) is 21.4 Å². The number of carbonyl (C=O) groups excluding carboxylic acids is 1. The molecule has 0 bridgehead atoms. The predicted octanol–water partition coefficient (Wildman–Crippen LogP) is 3.39. The quantitative estimate of drug-likeness (QED) is 0.742. The smallest absolute Gasteiger partial charge is 0.341 e. The topological polar surface area (TPSA) is 102 Å². The number of nitrogens with zero attached hydrogens (tertiary/aromatic N) is 3. The summed E-state index contributed by atoms with van der Waals surface area (Å²) in [6.07, 6.45) is -2.99. The van der Waals surface area contributed by atoms with E-state index in [1.807, 2.05) is 0 Å². The van der Waals surface area contributed by atoms with Crippen molar-refractivity contribution in [3.63, 3.8) is 0 Å². The van der Waals surface area contributed by atoms with Crippen LogP contribution in [0.3, 0.4) is 0 Å². The zero-order chi connectivity index (χ0) is 21.9. The number of fused-ring (bicyclic) bond motifs is 1. The number of urea groups is 1. The maximum Gasteiger partial charge on any atom is 0.416 e. The molecule has 0 aliphatic carbocycles. The Morgan fingerprint density at radius 1 is 1.37 bits per heavy atom. The number of hydrogen-bond acceptors (Lipinski definition) is 4. The fraction of sp³-hybridized carbons (Fsp3) is 0.400. The van der Waals surface area contributed by atoms with Gasteiger partial charge in [-0.2, -0.15) is 18.4 Å². The van der Waals surface area contributed by atoms with Crippen molar-refractivity contribution in [3.8, 4) is 17.5 Å². The van der Waals surface area contributed by atoms with Gasteiger partial charge in [0, 0.05) is 31.5 Å². The molecule has 10 heteroatoms. The van der Waals surface area contributed by atoms with E-state index in [9.17, 15) is 22.8 Å². The van der Waals surface area contributed by atoms with Crippen LogP contribution in [-0.2, 0) is 12.7 Å². The standard InChI is InChI=1S/C20H20F3N5O2/c1-25-19(30)28-10-13(4-2-3-9-24)16-15(11-28)18(29)27-17(26-16)12-5-7-14(8-6-12)20(21,22)23/h5-8,13H,2-4,10-11H2,1H3,(H,25,30)(H,26,27,29). The molecular weight excluding hydrogens is 399 g/mol. The largest absolute Gasteiger partial charge is 0.416 e. The lowest BCUT2D eigenvalue weighted by Crippen LogP contribution is -2.45. The van der Waals surface area contributed by atoms with E-state index in [0.29, 0.717) is 42.6 Å². The molecule has 0 saturated heterocycles. The summed E-state index contributed by atoms with van der Waals surface area (Å²) in [4.78, 5) is 33.5. The third-order valence-electron chi connectivity index (χ3n) is 5.05. The fourth-order valence-electron chi connectivity index (χ4n) is 3.54. The van der Waals surface area contributed by atoms with Gasteiger partial charge in [-0.05, 0) is 25.0 Å². The van der Waals surface area contributed by atoms with Gasteiger partial charge in [0.1, 0.15) is 5.82 Å². The van der Waals surface area contributed by atoms with Crippen LogP contribution in [0.1, 0.15) is 42.0 Å². The second kappa shape index (κ2) is 8.57. The first-order valence-corrected chi connectivity index (χ1v) is 9.39. The van der Waals surface area contributed by atoms with Crippen LogP contribution in [-0.4, -0.2) is 34.5 Å². The summed E-state index contributed by atoms with van der Waals surface area (Å²) in [5.74, 6) is -0.0824. The molecule has 1 aliphatic rings. The SMILES string of the molecule is CNC(=O)N1Cc2c(nc(-c3ccc(C(F)(F)F)cc3)[nH]c2=O)C(CCCC#N)C1. The summed E-state index contributed by atoms with van der Waals surface area (Å²) >= 11 is 0. The molecule has 2 N–H and O–H groups in total. The number of halogens is 3. The van der Waals surface area contributed by atoms with Crippen molar-refractivity contribution in [2.45, 2.75) is 37.9 Å². The highest BCUT2D eigenvalue weighted by Crippen LogP contribution is 2.32. The van der Waals surface area contributed by atoms with Crippen LogP contribution < -0.4 is 10.9 Å². The number of amides is 2. The maximum absolute atomic E-state index is 12.8. The molecule has 1 aliphatic heterocycles. The number of aromatic amines is 1. The fourth-order valence-corrected chi connectivity index (χ4v) is 3.54. The Hall–Kier alpha value is -3.35. The maximum atomic E-state index is 12.8. The lowest BCUT2D eigenvalue weighted by atomic mass is 9.91. The Morgan fingerprint density at radius 2 is 2.07 bits per heavy atom. The zero-order valence-electron chi connectivity index (χ0n) is 16.2. The van der Waals surface area contributed by atoms with E-state index in [1.165, 1.54) is 24.1 Å². The van der Waals surface area contributed by atoms with Gasteiger partial charge in [0.05, 0.1) is 29.4 Å². The molecule has 1 atom stereocenters. The molecular formula is C20H20F3N5O2. The summed E-state index contributed by atoms with van der Waals surface area (Å²) in [5, 5.41) is 11.3. The minimum absolute atomic E-state index is 0.0827. The van der Waals surface area contributed by atoms with Gasteiger partial charge in [-0.1, -0.05) is 12.1 Å². The average molecular weight is 419 g/mol. The van der Waals surface area contributed by atoms with Gasteiger partial charge >= 0.3 is 12.2 Å². The average Bonchev–Trinajstić information content (AvgIpc) is 2.72. The summed E-state index contributed by atoms with van der Waals surface area (Å²) in [7, 11) is 1.50. The molecule has 2 aromatic rings. The molecule has 0 fully saturated rings. The van der Waals surface area contributed by atoms with E-state index < -0.39 is 17.3 Å². The second-order valence-corrected chi connectivity index (χ2v) is 7.04. The number of hydrogen-bond donors (Lipinski definition) is 2. The molecule has 1 aromatic heterocycles. The van der Waals surface area contributed by atoms with Gasteiger partial charge in [0.15, 0.2) is 0 Å². The lowest BCUT2D eigenvalue weighted by Gasteiger charge is -2.33. The number of unbranched alkanes of at least 4 members (excludes halogenated alkanes) is 1. The molecule has 30 heavy (non-hydrogen) atoms. The summed E-state index contributed by atoms with van der Waals surface area (Å²) in [5.41, 5.74) is -0.00226. The number of carbonyl (C=O) groups is 1. The zero-order valence-corrected chi connectivity index (χ0v) is 16.2. The van der Waals surface area contributed by atoms with Gasteiger partial charge in [-0.15, -0.1) is 0 Å². The number of benzene rings is 1. The Labute approximate surface area is 170 Å². The molecule has 3 rings (SSSR count). The van der Waals surface area contributed by atoms with Gasteiger partial charge < -0.3 is 15.2 Å². The van der Waals surface area contributed by atoms with Crippen molar-refractivity contribution in [1.82, 2.24) is 20.2 Å². The minimum atomic E-state index is -4.45. The normalized spacial score (nSPS) is 16.0. The lowest BCUT2D eigenvalue weighted by molar-refractivity contribution is -0.137. The van der Waals surface area contributed by atoms with E-state index in [0.717, 1.165) is 12.1 Å². The van der Waals surface area contributed by atoms with Crippen molar-refractivity contribution in [1.29, 1.82) is 5.26 Å². The van der Waals surface area contributed by atoms with Crippen LogP contribution in [0.5, 0.6) is 0 Å². The number of rotatable bonds is 4. The molecule has 0 spiro atoms. The van der Waals surface area contributed by atoms with E-state index >= 15 is 0 Å². The molecule has 1 aromatic carbocycles. The van der Waals surface area contributed by atoms with Crippen LogP contribution in [0.25, 0.3) is 11.4 Å². The van der Waals surface area contributed by atoms with E-state index in [-0.39, 0.29) is 24.3 Å². The molecule has 0 radical (unpaired) electrons. The second-order valence-electron chi connectivity index (χ2n) is 7.04. The van der Waals surface area contributed by atoms with Crippen LogP contribution in [0, 0.1) is 11.3 Å². The van der Waals surface area contributed by atoms with E-state index in [1.54, 1.807) is 0 Å². The first-order chi connectivity index (χ1) is 14.2. The highest BCUT2D eigenvalue weighted by molar-refractivity contribution is 5.74. The Kier molecular flexibility index (Phi) is 6.10. The number of H-pyrrole nitrogens is 1. The molecule has 7 nitrogen and oxygen atoms in total. The Bertz CT molecular complexity index is 1020. The monoisotopic (exact) mass is 419 g/mol. The van der Waals surface area contributed by atoms with E-state index in [4.69, 9.17) is 5.26 Å². The summed E-state index contributed by atoms with van der Waals surface area (Å²) in [6, 6.07) is 6.14. The van der Waals surface area contributed by atoms with Crippen molar-refractivity contribution < 1.29 is 18.0 Å². The number of aromatic nitrogens is 2. The van der Waals surface area contributed by atoms with Crippen LogP contribution in [0.4, 0.5) is 18.0 Å². The van der Waals surface area contributed by atoms with Crippen LogP contribution in [0.15, 0.2) is 29.1 Å². The molecule has 2 amide bonds. The van der Waals surface area contributed by atoms with Gasteiger partial charge in [-0.25, -0.2) is 9.78 Å². The van der Waals surface area contributed by atoms with Gasteiger partial charge in [-0.3, -0.25) is 4.79 Å². The van der Waals surface area contributed by atoms with Crippen molar-refractivity contribution in [2.24, 2.45) is 0 Å². The Balaban J connectivity index is 2.00. The van der Waals surface area contributed by atoms with Gasteiger partial charge in [0.25, 0.3) is 5.56 Å². The highest BCUT2D eigenvalue weighted by Gasteiger charge is 2.32. The molecule has 2 heterocycles. The van der Waals surface area contributed by atoms with Crippen molar-refractivity contribution in [3.05, 3.63) is 51.4 Å². The summed E-state index contributed by atoms with van der Waals surface area (Å²) in [6.45, 7) is 0.417. The van der Waals surface area contributed by atoms with Crippen LogP contribution in [0.2, 0.25) is 0 Å². The molecule has 158 valence electrons. The third-order valence-corrected chi connectivity index (χ3v) is 5.05. The number of nitrogens with one attached hydrogen (secondary N) is 2. The molecule has 0 saturated carbocycles. The highest BCUT2D eigenvalue weighted by atomic mass is 19.4. The van der Waals surface area contributed by atoms with Crippen molar-refractivity contribution in [2.75, 3.05) is 13.6 Å². The first-order valence-electron chi connectivity index (χ1n) is 9.39. The van der Waals surface area contributed by atoms with Crippen molar-refractivity contribution >= 4 is 6.03 Å². The molecule has 1 unspecified atom stereocenters. The number of nitriles is 1.